The van der Waals surface area contributed by atoms with Crippen molar-refractivity contribution in [2.24, 2.45) is 5.92 Å². The summed E-state index contributed by atoms with van der Waals surface area (Å²) in [4.78, 5) is 56.6. The molecule has 0 bridgehead atoms. The fourth-order valence-electron chi connectivity index (χ4n) is 3.50. The van der Waals surface area contributed by atoms with Gasteiger partial charge in [-0.2, -0.15) is 0 Å². The topological polar surface area (TPSA) is 111 Å². The number of nitrogens with one attached hydrogen (secondary N) is 1. The highest BCUT2D eigenvalue weighted by molar-refractivity contribution is 7.18. The number of aryl methyl sites for hydroxylation is 2. The second-order valence-electron chi connectivity index (χ2n) is 7.32. The van der Waals surface area contributed by atoms with Gasteiger partial charge in [0.2, 0.25) is 11.8 Å². The van der Waals surface area contributed by atoms with Gasteiger partial charge in [-0.05, 0) is 39.2 Å². The summed E-state index contributed by atoms with van der Waals surface area (Å²) in [6, 6.07) is 0. The third kappa shape index (κ3) is 4.69. The molecule has 2 amide bonds. The van der Waals surface area contributed by atoms with Crippen LogP contribution in [-0.2, 0) is 25.7 Å². The third-order valence-corrected chi connectivity index (χ3v) is 6.49. The molecule has 2 aromatic rings. The first-order valence-corrected chi connectivity index (χ1v) is 10.8. The molecule has 1 saturated heterocycles. The lowest BCUT2D eigenvalue weighted by molar-refractivity contribution is -0.151. The van der Waals surface area contributed by atoms with Crippen molar-refractivity contribution in [1.82, 2.24) is 19.8 Å². The summed E-state index contributed by atoms with van der Waals surface area (Å²) in [5, 5.41) is 3.11. The Labute approximate surface area is 178 Å². The number of esters is 1. The van der Waals surface area contributed by atoms with Gasteiger partial charge in [-0.15, -0.1) is 11.3 Å². The van der Waals surface area contributed by atoms with Crippen molar-refractivity contribution in [3.8, 4) is 0 Å². The van der Waals surface area contributed by atoms with Crippen molar-refractivity contribution < 1.29 is 19.1 Å². The van der Waals surface area contributed by atoms with Gasteiger partial charge in [0.25, 0.3) is 5.56 Å². The van der Waals surface area contributed by atoms with Gasteiger partial charge in [-0.25, -0.2) is 4.98 Å². The number of ether oxygens (including phenoxy) is 1. The molecule has 1 aliphatic heterocycles. The molecule has 9 nitrogen and oxygen atoms in total. The van der Waals surface area contributed by atoms with Crippen LogP contribution in [0.15, 0.2) is 11.1 Å². The largest absolute Gasteiger partial charge is 0.466 e. The first-order valence-electron chi connectivity index (χ1n) is 9.98. The SMILES string of the molecule is CCOC(=O)C1CCN(C(=O)CNC(=O)Cn2cnc3sc(C)c(C)c3c2=O)CC1. The van der Waals surface area contributed by atoms with Gasteiger partial charge in [-0.1, -0.05) is 0 Å². The van der Waals surface area contributed by atoms with E-state index in [0.29, 0.717) is 42.8 Å². The minimum atomic E-state index is -0.433. The molecule has 1 N–H and O–H groups in total. The molecule has 0 aliphatic carbocycles. The molecule has 1 fully saturated rings. The lowest BCUT2D eigenvalue weighted by Gasteiger charge is -2.30. The lowest BCUT2D eigenvalue weighted by atomic mass is 9.97. The summed E-state index contributed by atoms with van der Waals surface area (Å²) in [6.45, 7) is 6.47. The van der Waals surface area contributed by atoms with Gasteiger partial charge in [-0.3, -0.25) is 23.7 Å². The summed E-state index contributed by atoms with van der Waals surface area (Å²) in [7, 11) is 0. The number of likely N-dealkylation sites (tertiary alicyclic amines) is 1. The van der Waals surface area contributed by atoms with E-state index in [1.54, 1.807) is 11.8 Å². The Bertz CT molecular complexity index is 1020. The number of hydrogen-bond donors (Lipinski definition) is 1. The van der Waals surface area contributed by atoms with Crippen LogP contribution < -0.4 is 10.9 Å². The minimum Gasteiger partial charge on any atom is -0.466 e. The Morgan fingerprint density at radius 2 is 1.97 bits per heavy atom. The predicted octanol–water partition coefficient (Wildman–Crippen LogP) is 0.993. The van der Waals surface area contributed by atoms with Gasteiger partial charge in [0.15, 0.2) is 0 Å². The lowest BCUT2D eigenvalue weighted by Crippen LogP contribution is -2.46. The maximum absolute atomic E-state index is 12.7. The van der Waals surface area contributed by atoms with E-state index in [-0.39, 0.29) is 36.4 Å². The smallest absolute Gasteiger partial charge is 0.309 e. The normalized spacial score (nSPS) is 14.7. The molecule has 2 aromatic heterocycles. The fraction of sp³-hybridized carbons (Fsp3) is 0.550. The molecule has 10 heteroatoms. The average molecular weight is 435 g/mol. The van der Waals surface area contributed by atoms with Crippen LogP contribution in [0.2, 0.25) is 0 Å². The Hall–Kier alpha value is -2.75. The molecule has 162 valence electrons. The van der Waals surface area contributed by atoms with Crippen molar-refractivity contribution in [3.63, 3.8) is 0 Å². The maximum atomic E-state index is 12.7. The Morgan fingerprint density at radius 1 is 1.27 bits per heavy atom. The number of piperidine rings is 1. The van der Waals surface area contributed by atoms with Gasteiger partial charge in [0.05, 0.1) is 30.8 Å². The molecule has 0 saturated carbocycles. The number of hydrogen-bond acceptors (Lipinski definition) is 7. The molecular weight excluding hydrogens is 408 g/mol. The zero-order valence-corrected chi connectivity index (χ0v) is 18.2. The quantitative estimate of drug-likeness (QED) is 0.679. The molecule has 0 radical (unpaired) electrons. The standard InChI is InChI=1S/C20H26N4O5S/c1-4-29-20(28)14-5-7-23(8-6-14)16(26)9-21-15(25)10-24-11-22-18-17(19(24)27)12(2)13(3)30-18/h11,14H,4-10H2,1-3H3,(H,21,25). The number of fused-ring (bicyclic) bond motifs is 1. The van der Waals surface area contributed by atoms with Crippen LogP contribution in [0.5, 0.6) is 0 Å². The highest BCUT2D eigenvalue weighted by Crippen LogP contribution is 2.25. The summed E-state index contributed by atoms with van der Waals surface area (Å²) in [6.07, 6.45) is 2.47. The van der Waals surface area contributed by atoms with Crippen molar-refractivity contribution in [3.05, 3.63) is 27.1 Å². The van der Waals surface area contributed by atoms with E-state index < -0.39 is 5.91 Å². The molecule has 0 spiro atoms. The number of amides is 2. The predicted molar refractivity (Wildman–Crippen MR) is 112 cm³/mol. The van der Waals surface area contributed by atoms with E-state index in [9.17, 15) is 19.2 Å². The second kappa shape index (κ2) is 9.38. The molecule has 0 atom stereocenters. The zero-order chi connectivity index (χ0) is 21.8. The number of aromatic nitrogens is 2. The molecule has 30 heavy (non-hydrogen) atoms. The van der Waals surface area contributed by atoms with E-state index in [4.69, 9.17) is 4.74 Å². The van der Waals surface area contributed by atoms with E-state index in [1.807, 2.05) is 13.8 Å². The fourth-order valence-corrected chi connectivity index (χ4v) is 4.49. The summed E-state index contributed by atoms with van der Waals surface area (Å²) in [5.41, 5.74) is 0.619. The Morgan fingerprint density at radius 3 is 2.63 bits per heavy atom. The molecule has 1 aliphatic rings. The number of carbonyl (C=O) groups excluding carboxylic acids is 3. The second-order valence-corrected chi connectivity index (χ2v) is 8.53. The summed E-state index contributed by atoms with van der Waals surface area (Å²) in [5.74, 6) is -1.04. The molecule has 3 rings (SSSR count). The first-order chi connectivity index (χ1) is 14.3. The number of carbonyl (C=O) groups is 3. The molecule has 3 heterocycles. The maximum Gasteiger partial charge on any atom is 0.309 e. The van der Waals surface area contributed by atoms with E-state index >= 15 is 0 Å². The van der Waals surface area contributed by atoms with Crippen LogP contribution in [-0.4, -0.2) is 58.5 Å². The number of nitrogens with zero attached hydrogens (tertiary/aromatic N) is 3. The highest BCUT2D eigenvalue weighted by atomic mass is 32.1. The Kier molecular flexibility index (Phi) is 6.86. The van der Waals surface area contributed by atoms with Crippen molar-refractivity contribution in [2.45, 2.75) is 40.2 Å². The highest BCUT2D eigenvalue weighted by Gasteiger charge is 2.28. The van der Waals surface area contributed by atoms with Crippen molar-refractivity contribution in [1.29, 1.82) is 0 Å². The average Bonchev–Trinajstić information content (AvgIpc) is 3.03. The van der Waals surface area contributed by atoms with Crippen LogP contribution in [0.4, 0.5) is 0 Å². The molecule has 0 unspecified atom stereocenters. The van der Waals surface area contributed by atoms with Gasteiger partial charge < -0.3 is 15.0 Å². The monoisotopic (exact) mass is 434 g/mol. The van der Waals surface area contributed by atoms with Crippen LogP contribution >= 0.6 is 11.3 Å². The van der Waals surface area contributed by atoms with E-state index in [0.717, 1.165) is 10.4 Å². The van der Waals surface area contributed by atoms with Crippen LogP contribution in [0.1, 0.15) is 30.2 Å². The molecule has 0 aromatic carbocycles. The third-order valence-electron chi connectivity index (χ3n) is 5.37. The zero-order valence-electron chi connectivity index (χ0n) is 17.4. The molecular formula is C20H26N4O5S. The first kappa shape index (κ1) is 21.9. The number of rotatable bonds is 6. The van der Waals surface area contributed by atoms with Gasteiger partial charge >= 0.3 is 5.97 Å². The van der Waals surface area contributed by atoms with Crippen molar-refractivity contribution in [2.75, 3.05) is 26.2 Å². The number of thiophene rings is 1. The Balaban J connectivity index is 1.52. The summed E-state index contributed by atoms with van der Waals surface area (Å²) >= 11 is 1.45. The van der Waals surface area contributed by atoms with Gasteiger partial charge in [0.1, 0.15) is 11.4 Å². The van der Waals surface area contributed by atoms with Crippen molar-refractivity contribution >= 4 is 39.3 Å². The van der Waals surface area contributed by atoms with Crippen LogP contribution in [0.3, 0.4) is 0 Å². The van der Waals surface area contributed by atoms with Gasteiger partial charge in [0, 0.05) is 18.0 Å². The summed E-state index contributed by atoms with van der Waals surface area (Å²) < 4.78 is 6.28. The van der Waals surface area contributed by atoms with E-state index in [2.05, 4.69) is 10.3 Å². The van der Waals surface area contributed by atoms with Crippen LogP contribution in [0, 0.1) is 19.8 Å². The van der Waals surface area contributed by atoms with Crippen LogP contribution in [0.25, 0.3) is 10.2 Å². The van der Waals surface area contributed by atoms with E-state index in [1.165, 1.54) is 22.2 Å². The minimum absolute atomic E-state index is 0.149.